The van der Waals surface area contributed by atoms with Crippen LogP contribution in [0.25, 0.3) is 0 Å². The molecule has 0 unspecified atom stereocenters. The first-order valence-corrected chi connectivity index (χ1v) is 10.1. The summed E-state index contributed by atoms with van der Waals surface area (Å²) in [7, 11) is 1.44. The number of nitrogens with one attached hydrogen (secondary N) is 1. The van der Waals surface area contributed by atoms with E-state index < -0.39 is 17.2 Å². The van der Waals surface area contributed by atoms with Gasteiger partial charge in [-0.3, -0.25) is 19.1 Å². The highest BCUT2D eigenvalue weighted by atomic mass is 35.5. The Morgan fingerprint density at radius 2 is 1.90 bits per heavy atom. The van der Waals surface area contributed by atoms with E-state index in [4.69, 9.17) is 22.1 Å². The highest BCUT2D eigenvalue weighted by molar-refractivity contribution is 6.31. The molecule has 3 rings (SSSR count). The van der Waals surface area contributed by atoms with Gasteiger partial charge in [0.2, 0.25) is 0 Å². The minimum Gasteiger partial charge on any atom is -0.496 e. The molecule has 0 aliphatic carbocycles. The zero-order chi connectivity index (χ0) is 22.5. The SMILES string of the molecule is CCCN(C(=O)c1cc(Cl)ccc1OC)c1c(N)n(Cc2ccccc2)c(=O)[nH]c1=O. The molecule has 0 saturated heterocycles. The molecule has 0 atom stereocenters. The number of anilines is 2. The van der Waals surface area contributed by atoms with Crippen molar-refractivity contribution in [1.29, 1.82) is 0 Å². The van der Waals surface area contributed by atoms with Gasteiger partial charge in [-0.05, 0) is 30.2 Å². The van der Waals surface area contributed by atoms with Crippen LogP contribution in [0.1, 0.15) is 29.3 Å². The van der Waals surface area contributed by atoms with E-state index in [1.165, 1.54) is 22.6 Å². The number of benzene rings is 2. The number of hydrogen-bond acceptors (Lipinski definition) is 5. The molecule has 1 heterocycles. The number of aromatic nitrogens is 2. The maximum absolute atomic E-state index is 13.4. The Bertz CT molecular complexity index is 1200. The molecule has 0 aliphatic heterocycles. The summed E-state index contributed by atoms with van der Waals surface area (Å²) in [6, 6.07) is 13.8. The molecule has 8 nitrogen and oxygen atoms in total. The van der Waals surface area contributed by atoms with Crippen LogP contribution in [-0.4, -0.2) is 29.1 Å². The van der Waals surface area contributed by atoms with Gasteiger partial charge in [0.05, 0.1) is 19.2 Å². The summed E-state index contributed by atoms with van der Waals surface area (Å²) in [6.07, 6.45) is 0.547. The highest BCUT2D eigenvalue weighted by Crippen LogP contribution is 2.27. The third-order valence-corrected chi connectivity index (χ3v) is 4.99. The van der Waals surface area contributed by atoms with E-state index in [0.29, 0.717) is 17.2 Å². The number of hydrogen-bond donors (Lipinski definition) is 2. The van der Waals surface area contributed by atoms with Crippen LogP contribution in [0.4, 0.5) is 11.5 Å². The number of nitrogens with two attached hydrogens (primary N) is 1. The number of ether oxygens (including phenoxy) is 1. The van der Waals surface area contributed by atoms with Gasteiger partial charge in [0.15, 0.2) is 5.69 Å². The third-order valence-electron chi connectivity index (χ3n) is 4.75. The van der Waals surface area contributed by atoms with Crippen molar-refractivity contribution in [3.8, 4) is 5.75 Å². The van der Waals surface area contributed by atoms with Crippen molar-refractivity contribution < 1.29 is 9.53 Å². The minimum absolute atomic E-state index is 0.0931. The fraction of sp³-hybridized carbons (Fsp3) is 0.227. The molecule has 3 aromatic rings. The molecule has 162 valence electrons. The van der Waals surface area contributed by atoms with Gasteiger partial charge >= 0.3 is 5.69 Å². The summed E-state index contributed by atoms with van der Waals surface area (Å²) >= 11 is 6.08. The van der Waals surface area contributed by atoms with Crippen LogP contribution >= 0.6 is 11.6 Å². The second-order valence-electron chi connectivity index (χ2n) is 6.87. The number of methoxy groups -OCH3 is 1. The van der Waals surface area contributed by atoms with E-state index in [-0.39, 0.29) is 30.2 Å². The van der Waals surface area contributed by atoms with Gasteiger partial charge in [0.1, 0.15) is 11.6 Å². The maximum Gasteiger partial charge on any atom is 0.330 e. The van der Waals surface area contributed by atoms with Crippen molar-refractivity contribution in [2.45, 2.75) is 19.9 Å². The molecular formula is C22H23ClN4O4. The molecule has 1 aromatic heterocycles. The quantitative estimate of drug-likeness (QED) is 0.584. The van der Waals surface area contributed by atoms with Gasteiger partial charge in [0, 0.05) is 11.6 Å². The molecule has 0 saturated carbocycles. The topological polar surface area (TPSA) is 110 Å². The Balaban J connectivity index is 2.14. The van der Waals surface area contributed by atoms with Crippen molar-refractivity contribution in [1.82, 2.24) is 9.55 Å². The molecule has 2 aromatic carbocycles. The Kier molecular flexibility index (Phi) is 6.81. The summed E-state index contributed by atoms with van der Waals surface area (Å²) in [6.45, 7) is 2.20. The smallest absolute Gasteiger partial charge is 0.330 e. The number of amides is 1. The maximum atomic E-state index is 13.4. The largest absolute Gasteiger partial charge is 0.496 e. The van der Waals surface area contributed by atoms with E-state index >= 15 is 0 Å². The van der Waals surface area contributed by atoms with Crippen molar-refractivity contribution in [3.05, 3.63) is 85.5 Å². The van der Waals surface area contributed by atoms with E-state index in [2.05, 4.69) is 4.98 Å². The third kappa shape index (κ3) is 4.64. The van der Waals surface area contributed by atoms with Crippen LogP contribution in [0.15, 0.2) is 58.1 Å². The van der Waals surface area contributed by atoms with Crippen molar-refractivity contribution in [2.75, 3.05) is 24.3 Å². The molecule has 31 heavy (non-hydrogen) atoms. The fourth-order valence-electron chi connectivity index (χ4n) is 3.29. The van der Waals surface area contributed by atoms with Crippen molar-refractivity contribution in [3.63, 3.8) is 0 Å². The van der Waals surface area contributed by atoms with Gasteiger partial charge in [-0.15, -0.1) is 0 Å². The Labute approximate surface area is 183 Å². The monoisotopic (exact) mass is 442 g/mol. The predicted octanol–water partition coefficient (Wildman–Crippen LogP) is 2.89. The van der Waals surface area contributed by atoms with Gasteiger partial charge in [-0.25, -0.2) is 4.79 Å². The lowest BCUT2D eigenvalue weighted by Gasteiger charge is -2.25. The van der Waals surface area contributed by atoms with Crippen LogP contribution < -0.4 is 26.6 Å². The number of rotatable bonds is 7. The first-order valence-electron chi connectivity index (χ1n) is 9.69. The molecular weight excluding hydrogens is 420 g/mol. The normalized spacial score (nSPS) is 10.7. The number of carbonyl (C=O) groups excluding carboxylic acids is 1. The van der Waals surface area contributed by atoms with E-state index in [9.17, 15) is 14.4 Å². The first-order chi connectivity index (χ1) is 14.9. The summed E-state index contributed by atoms with van der Waals surface area (Å²) in [5.41, 5.74) is 5.79. The molecule has 0 radical (unpaired) electrons. The lowest BCUT2D eigenvalue weighted by Crippen LogP contribution is -2.41. The fourth-order valence-corrected chi connectivity index (χ4v) is 3.46. The zero-order valence-corrected chi connectivity index (χ0v) is 18.0. The predicted molar refractivity (Wildman–Crippen MR) is 121 cm³/mol. The summed E-state index contributed by atoms with van der Waals surface area (Å²) in [5.74, 6) is -0.299. The highest BCUT2D eigenvalue weighted by Gasteiger charge is 2.27. The zero-order valence-electron chi connectivity index (χ0n) is 17.2. The Morgan fingerprint density at radius 1 is 1.19 bits per heavy atom. The number of H-pyrrole nitrogens is 1. The van der Waals surface area contributed by atoms with E-state index in [1.807, 2.05) is 37.3 Å². The molecule has 9 heteroatoms. The molecule has 0 fully saturated rings. The van der Waals surface area contributed by atoms with Crippen molar-refractivity contribution in [2.24, 2.45) is 0 Å². The Morgan fingerprint density at radius 3 is 2.55 bits per heavy atom. The van der Waals surface area contributed by atoms with Crippen LogP contribution in [0, 0.1) is 0 Å². The standard InChI is InChI=1S/C22H23ClN4O4/c1-3-11-26(21(29)16-12-15(23)9-10-17(16)31-2)18-19(24)27(22(30)25-20(18)28)13-14-7-5-4-6-8-14/h4-10,12H,3,11,13,24H2,1-2H3,(H,25,28,30). The molecule has 1 amide bonds. The molecule has 0 bridgehead atoms. The van der Waals surface area contributed by atoms with Crippen LogP contribution in [0.3, 0.4) is 0 Å². The van der Waals surface area contributed by atoms with E-state index in [0.717, 1.165) is 5.56 Å². The molecule has 0 aliphatic rings. The Hall–Kier alpha value is -3.52. The summed E-state index contributed by atoms with van der Waals surface area (Å²) in [5, 5.41) is 0.344. The average molecular weight is 443 g/mol. The summed E-state index contributed by atoms with van der Waals surface area (Å²) < 4.78 is 6.52. The second-order valence-corrected chi connectivity index (χ2v) is 7.30. The van der Waals surface area contributed by atoms with Gasteiger partial charge in [-0.1, -0.05) is 48.9 Å². The number of aromatic amines is 1. The average Bonchev–Trinajstić information content (AvgIpc) is 2.76. The van der Waals surface area contributed by atoms with Gasteiger partial charge in [-0.2, -0.15) is 0 Å². The minimum atomic E-state index is -0.741. The molecule has 3 N–H and O–H groups in total. The van der Waals surface area contributed by atoms with E-state index in [1.54, 1.807) is 12.1 Å². The first kappa shape index (κ1) is 22.2. The molecule has 0 spiro atoms. The van der Waals surface area contributed by atoms with Gasteiger partial charge in [0.25, 0.3) is 11.5 Å². The van der Waals surface area contributed by atoms with Crippen LogP contribution in [-0.2, 0) is 6.54 Å². The van der Waals surface area contributed by atoms with Crippen LogP contribution in [0.5, 0.6) is 5.75 Å². The van der Waals surface area contributed by atoms with Crippen LogP contribution in [0.2, 0.25) is 5.02 Å². The lowest BCUT2D eigenvalue weighted by molar-refractivity contribution is 0.0983. The lowest BCUT2D eigenvalue weighted by atomic mass is 10.1. The van der Waals surface area contributed by atoms with Gasteiger partial charge < -0.3 is 15.4 Å². The number of nitrogen functional groups attached to an aromatic ring is 1. The number of nitrogens with zero attached hydrogens (tertiary/aromatic N) is 2. The summed E-state index contributed by atoms with van der Waals surface area (Å²) in [4.78, 5) is 42.2. The van der Waals surface area contributed by atoms with Crippen molar-refractivity contribution >= 4 is 29.0 Å². The number of halogens is 1. The number of carbonyl (C=O) groups is 1. The second kappa shape index (κ2) is 9.53.